The third-order valence-corrected chi connectivity index (χ3v) is 2.47. The summed E-state index contributed by atoms with van der Waals surface area (Å²) in [4.78, 5) is 0. The van der Waals surface area contributed by atoms with Gasteiger partial charge in [0.2, 0.25) is 0 Å². The molecule has 0 fully saturated rings. The molecule has 80 valence electrons. The van der Waals surface area contributed by atoms with Crippen molar-refractivity contribution in [2.45, 2.75) is 6.92 Å². The molecule has 2 rings (SSSR count). The summed E-state index contributed by atoms with van der Waals surface area (Å²) in [6.07, 6.45) is 0. The van der Waals surface area contributed by atoms with Crippen LogP contribution in [0.25, 0.3) is 0 Å². The summed E-state index contributed by atoms with van der Waals surface area (Å²) in [5.41, 5.74) is 3.61. The van der Waals surface area contributed by atoms with E-state index >= 15 is 0 Å². The van der Waals surface area contributed by atoms with Gasteiger partial charge in [0.1, 0.15) is 5.71 Å². The van der Waals surface area contributed by atoms with E-state index in [9.17, 15) is 0 Å². The lowest BCUT2D eigenvalue weighted by Gasteiger charge is -2.04. The highest BCUT2D eigenvalue weighted by Crippen LogP contribution is 2.11. The minimum Gasteiger partial charge on any atom is -0.410 e. The van der Waals surface area contributed by atoms with Crippen LogP contribution in [0.2, 0.25) is 0 Å². The molecule has 16 heavy (non-hydrogen) atoms. The van der Waals surface area contributed by atoms with Crippen molar-refractivity contribution in [2.75, 3.05) is 0 Å². The molecule has 0 aliphatic carbocycles. The summed E-state index contributed by atoms with van der Waals surface area (Å²) in [5.74, 6) is 0. The number of nitrogens with zero attached hydrogens (tertiary/aromatic N) is 1. The van der Waals surface area contributed by atoms with E-state index in [1.807, 2.05) is 61.5 Å². The van der Waals surface area contributed by atoms with Gasteiger partial charge in [0.25, 0.3) is 0 Å². The van der Waals surface area contributed by atoms with Crippen LogP contribution in [0.4, 0.5) is 0 Å². The standard InChI is InChI=1S/C14H13NO/c1-11-7-9-13(10-8-11)14(15-16)12-5-3-2-4-6-12/h2-10,16H,1H3. The van der Waals surface area contributed by atoms with E-state index < -0.39 is 0 Å². The molecule has 0 aliphatic heterocycles. The van der Waals surface area contributed by atoms with E-state index in [0.29, 0.717) is 5.71 Å². The zero-order valence-corrected chi connectivity index (χ0v) is 9.09. The average molecular weight is 211 g/mol. The van der Waals surface area contributed by atoms with E-state index in [-0.39, 0.29) is 0 Å². The molecule has 1 N–H and O–H groups in total. The summed E-state index contributed by atoms with van der Waals surface area (Å²) in [6.45, 7) is 2.03. The fraction of sp³-hybridized carbons (Fsp3) is 0.0714. The number of hydrogen-bond donors (Lipinski definition) is 1. The molecule has 0 saturated heterocycles. The van der Waals surface area contributed by atoms with Crippen molar-refractivity contribution in [2.24, 2.45) is 5.16 Å². The summed E-state index contributed by atoms with van der Waals surface area (Å²) in [6, 6.07) is 17.6. The molecule has 2 heteroatoms. The molecule has 0 unspecified atom stereocenters. The molecule has 0 spiro atoms. The topological polar surface area (TPSA) is 32.6 Å². The smallest absolute Gasteiger partial charge is 0.117 e. The van der Waals surface area contributed by atoms with Crippen molar-refractivity contribution in [3.63, 3.8) is 0 Å². The van der Waals surface area contributed by atoms with Gasteiger partial charge in [-0.05, 0) is 6.92 Å². The Hall–Kier alpha value is -2.09. The van der Waals surface area contributed by atoms with Crippen LogP contribution in [0.5, 0.6) is 0 Å². The predicted molar refractivity (Wildman–Crippen MR) is 65.0 cm³/mol. The van der Waals surface area contributed by atoms with Gasteiger partial charge in [0.15, 0.2) is 0 Å². The van der Waals surface area contributed by atoms with E-state index in [1.54, 1.807) is 0 Å². The average Bonchev–Trinajstić information content (AvgIpc) is 2.34. The van der Waals surface area contributed by atoms with Crippen molar-refractivity contribution in [1.29, 1.82) is 0 Å². The second-order valence-corrected chi connectivity index (χ2v) is 3.68. The Balaban J connectivity index is 2.42. The maximum atomic E-state index is 9.09. The van der Waals surface area contributed by atoms with Crippen molar-refractivity contribution >= 4 is 5.71 Å². The Morgan fingerprint density at radius 1 is 0.875 bits per heavy atom. The number of benzene rings is 2. The number of oxime groups is 1. The first kappa shape index (κ1) is 10.4. The van der Waals surface area contributed by atoms with E-state index in [4.69, 9.17) is 5.21 Å². The molecule has 0 amide bonds. The third-order valence-electron chi connectivity index (χ3n) is 2.47. The van der Waals surface area contributed by atoms with Gasteiger partial charge in [-0.3, -0.25) is 0 Å². The first-order valence-electron chi connectivity index (χ1n) is 5.16. The molecule has 2 aromatic carbocycles. The molecule has 2 nitrogen and oxygen atoms in total. The van der Waals surface area contributed by atoms with Crippen LogP contribution in [0.3, 0.4) is 0 Å². The molecule has 0 aliphatic rings. The van der Waals surface area contributed by atoms with Gasteiger partial charge in [-0.1, -0.05) is 65.3 Å². The van der Waals surface area contributed by atoms with Gasteiger partial charge in [0.05, 0.1) is 0 Å². The normalized spacial score (nSPS) is 11.4. The lowest BCUT2D eigenvalue weighted by Crippen LogP contribution is -2.02. The summed E-state index contributed by atoms with van der Waals surface area (Å²) in [7, 11) is 0. The Labute approximate surface area is 94.9 Å². The fourth-order valence-electron chi connectivity index (χ4n) is 1.59. The van der Waals surface area contributed by atoms with Crippen molar-refractivity contribution in [3.8, 4) is 0 Å². The van der Waals surface area contributed by atoms with Crippen molar-refractivity contribution in [3.05, 3.63) is 71.3 Å². The van der Waals surface area contributed by atoms with Crippen LogP contribution in [0.15, 0.2) is 59.8 Å². The van der Waals surface area contributed by atoms with Crippen LogP contribution in [0.1, 0.15) is 16.7 Å². The van der Waals surface area contributed by atoms with Crippen LogP contribution in [0, 0.1) is 6.92 Å². The zero-order chi connectivity index (χ0) is 11.4. The van der Waals surface area contributed by atoms with E-state index in [1.165, 1.54) is 5.56 Å². The molecule has 0 saturated carbocycles. The maximum absolute atomic E-state index is 9.09. The largest absolute Gasteiger partial charge is 0.410 e. The highest BCUT2D eigenvalue weighted by Gasteiger charge is 2.06. The van der Waals surface area contributed by atoms with Crippen LogP contribution < -0.4 is 0 Å². The molecular weight excluding hydrogens is 198 g/mol. The van der Waals surface area contributed by atoms with E-state index in [0.717, 1.165) is 11.1 Å². The molecule has 0 heterocycles. The Kier molecular flexibility index (Phi) is 3.01. The Morgan fingerprint density at radius 2 is 1.44 bits per heavy atom. The number of rotatable bonds is 2. The van der Waals surface area contributed by atoms with Gasteiger partial charge in [-0.25, -0.2) is 0 Å². The van der Waals surface area contributed by atoms with Crippen LogP contribution >= 0.6 is 0 Å². The van der Waals surface area contributed by atoms with Gasteiger partial charge in [-0.2, -0.15) is 0 Å². The molecule has 0 atom stereocenters. The highest BCUT2D eigenvalue weighted by atomic mass is 16.4. The quantitative estimate of drug-likeness (QED) is 0.461. The second-order valence-electron chi connectivity index (χ2n) is 3.68. The van der Waals surface area contributed by atoms with Gasteiger partial charge < -0.3 is 5.21 Å². The Morgan fingerprint density at radius 3 is 2.00 bits per heavy atom. The minimum absolute atomic E-state index is 0.598. The number of aryl methyl sites for hydroxylation is 1. The monoisotopic (exact) mass is 211 g/mol. The summed E-state index contributed by atoms with van der Waals surface area (Å²) < 4.78 is 0. The van der Waals surface area contributed by atoms with Crippen molar-refractivity contribution in [1.82, 2.24) is 0 Å². The highest BCUT2D eigenvalue weighted by molar-refractivity contribution is 6.12. The number of hydrogen-bond acceptors (Lipinski definition) is 2. The lowest BCUT2D eigenvalue weighted by molar-refractivity contribution is 0.319. The van der Waals surface area contributed by atoms with Gasteiger partial charge >= 0.3 is 0 Å². The van der Waals surface area contributed by atoms with Crippen LogP contribution in [-0.2, 0) is 0 Å². The van der Waals surface area contributed by atoms with Crippen molar-refractivity contribution < 1.29 is 5.21 Å². The second kappa shape index (κ2) is 4.62. The first-order chi connectivity index (χ1) is 7.81. The minimum atomic E-state index is 0.598. The maximum Gasteiger partial charge on any atom is 0.117 e. The third kappa shape index (κ3) is 2.11. The summed E-state index contributed by atoms with van der Waals surface area (Å²) >= 11 is 0. The summed E-state index contributed by atoms with van der Waals surface area (Å²) in [5, 5.41) is 12.5. The lowest BCUT2D eigenvalue weighted by atomic mass is 10.0. The zero-order valence-electron chi connectivity index (χ0n) is 9.09. The predicted octanol–water partition coefficient (Wildman–Crippen LogP) is 3.22. The Bertz CT molecular complexity index is 486. The van der Waals surface area contributed by atoms with Gasteiger partial charge in [-0.15, -0.1) is 0 Å². The first-order valence-corrected chi connectivity index (χ1v) is 5.16. The molecule has 0 aromatic heterocycles. The molecule has 0 radical (unpaired) electrons. The SMILES string of the molecule is Cc1ccc(C(=NO)c2ccccc2)cc1. The molecule has 2 aromatic rings. The van der Waals surface area contributed by atoms with Gasteiger partial charge in [0, 0.05) is 11.1 Å². The molecule has 0 bridgehead atoms. The van der Waals surface area contributed by atoms with Crippen LogP contribution in [-0.4, -0.2) is 10.9 Å². The fourth-order valence-corrected chi connectivity index (χ4v) is 1.59. The van der Waals surface area contributed by atoms with E-state index in [2.05, 4.69) is 5.16 Å². The molecular formula is C14H13NO.